The quantitative estimate of drug-likeness (QED) is 0.105. The van der Waals surface area contributed by atoms with Crippen LogP contribution in [0.15, 0.2) is 44.0 Å². The number of esters is 3. The summed E-state index contributed by atoms with van der Waals surface area (Å²) in [6.45, 7) is 6.74. The van der Waals surface area contributed by atoms with Crippen molar-refractivity contribution in [1.82, 2.24) is 44.7 Å². The number of aliphatic hydroxyl groups excluding tert-OH is 1. The zero-order chi connectivity index (χ0) is 38.7. The number of rotatable bonds is 12. The minimum atomic E-state index is -1.18. The molecule has 0 bridgehead atoms. The number of hydrogen-bond acceptors (Lipinski definition) is 16. The Bertz CT molecular complexity index is 1680. The second-order valence-corrected chi connectivity index (χ2v) is 11.7. The molecule has 292 valence electrons. The van der Waals surface area contributed by atoms with Crippen LogP contribution in [-0.2, 0) is 76.8 Å². The molecule has 0 spiro atoms. The van der Waals surface area contributed by atoms with E-state index in [2.05, 4.69) is 60.9 Å². The highest BCUT2D eigenvalue weighted by Crippen LogP contribution is 2.38. The van der Waals surface area contributed by atoms with E-state index in [1.165, 1.54) is 69.6 Å². The lowest BCUT2D eigenvalue weighted by molar-refractivity contribution is -0.154. The number of hydrogen-bond donors (Lipinski definition) is 3. The van der Waals surface area contributed by atoms with Gasteiger partial charge in [-0.15, -0.1) is 0 Å². The molecule has 4 heterocycles. The van der Waals surface area contributed by atoms with E-state index in [1.807, 2.05) is 0 Å². The van der Waals surface area contributed by atoms with Crippen molar-refractivity contribution in [2.45, 2.75) is 90.7 Å². The third kappa shape index (κ3) is 13.0. The molecule has 1 aromatic carbocycles. The minimum Gasteiger partial charge on any atom is -0.464 e. The van der Waals surface area contributed by atoms with Crippen LogP contribution in [0.25, 0.3) is 0 Å². The molecule has 3 N–H and O–H groups in total. The molecule has 3 aromatic heterocycles. The maximum atomic E-state index is 12.7. The number of aromatic nitrogens is 9. The Hall–Kier alpha value is -5.76. The first kappa shape index (κ1) is 41.0. The highest BCUT2D eigenvalue weighted by Gasteiger charge is 2.32. The first-order valence-corrected chi connectivity index (χ1v) is 17.6. The number of aryl methyl sites for hydroxylation is 2. The second kappa shape index (κ2) is 21.7. The van der Waals surface area contributed by atoms with Gasteiger partial charge in [0.1, 0.15) is 38.0 Å². The monoisotopic (exact) mass is 754 g/mol. The Morgan fingerprint density at radius 2 is 1.44 bits per heavy atom. The van der Waals surface area contributed by atoms with E-state index in [1.54, 1.807) is 20.8 Å². The molecule has 2 aliphatic carbocycles. The van der Waals surface area contributed by atoms with Crippen molar-refractivity contribution in [3.8, 4) is 0 Å². The fourth-order valence-corrected chi connectivity index (χ4v) is 5.52. The summed E-state index contributed by atoms with van der Waals surface area (Å²) in [7, 11) is 0. The maximum Gasteiger partial charge on any atom is 0.412 e. The number of amides is 1. The number of H-pyrrole nitrogens is 1. The first-order valence-electron chi connectivity index (χ1n) is 17.6. The number of ether oxygens (including phenoxy) is 5. The molecule has 4 aromatic rings. The van der Waals surface area contributed by atoms with Crippen molar-refractivity contribution in [2.24, 2.45) is 0 Å². The van der Waals surface area contributed by atoms with Gasteiger partial charge in [-0.1, -0.05) is 6.07 Å². The van der Waals surface area contributed by atoms with Gasteiger partial charge in [-0.25, -0.2) is 43.5 Å². The van der Waals surface area contributed by atoms with Crippen molar-refractivity contribution in [3.05, 3.63) is 66.3 Å². The average Bonchev–Trinajstić information content (AvgIpc) is 3.85. The molecule has 1 saturated heterocycles. The van der Waals surface area contributed by atoms with E-state index in [9.17, 15) is 24.3 Å². The summed E-state index contributed by atoms with van der Waals surface area (Å²) in [5.41, 5.74) is 5.94. The van der Waals surface area contributed by atoms with E-state index in [0.29, 0.717) is 13.2 Å². The molecule has 0 radical (unpaired) electrons. The SMILES string of the molecule is CCOC(=O)C(Cn1cncn1)OC(=O)Nc1c2c(cc3c1CCC3)CCC2.CCOC(=O)C(O)Cn1cncn1.CCOC(=O)C1CO1.c1nc[nH]n1. The van der Waals surface area contributed by atoms with Crippen LogP contribution < -0.4 is 5.32 Å². The maximum absolute atomic E-state index is 12.7. The molecular formula is C34H46N10O10. The van der Waals surface area contributed by atoms with Crippen LogP contribution in [0.5, 0.6) is 0 Å². The Labute approximate surface area is 310 Å². The molecule has 1 amide bonds. The molecule has 54 heavy (non-hydrogen) atoms. The van der Waals surface area contributed by atoms with Crippen LogP contribution >= 0.6 is 0 Å². The third-order valence-corrected chi connectivity index (χ3v) is 7.92. The predicted molar refractivity (Wildman–Crippen MR) is 186 cm³/mol. The molecule has 1 fully saturated rings. The smallest absolute Gasteiger partial charge is 0.412 e. The Morgan fingerprint density at radius 1 is 0.852 bits per heavy atom. The van der Waals surface area contributed by atoms with Crippen molar-refractivity contribution >= 4 is 29.7 Å². The number of anilines is 1. The number of nitrogens with zero attached hydrogens (tertiary/aromatic N) is 8. The number of aliphatic hydroxyl groups is 1. The summed E-state index contributed by atoms with van der Waals surface area (Å²) >= 11 is 0. The number of fused-ring (bicyclic) bond motifs is 2. The van der Waals surface area contributed by atoms with Crippen LogP contribution in [0.2, 0.25) is 0 Å². The molecule has 3 aliphatic rings. The Kier molecular flexibility index (Phi) is 16.5. The van der Waals surface area contributed by atoms with Gasteiger partial charge in [-0.3, -0.25) is 10.4 Å². The molecule has 1 aliphatic heterocycles. The van der Waals surface area contributed by atoms with Crippen LogP contribution in [0.3, 0.4) is 0 Å². The fraction of sp³-hybridized carbons (Fsp3) is 0.529. The summed E-state index contributed by atoms with van der Waals surface area (Å²) in [4.78, 5) is 57.4. The minimum absolute atomic E-state index is 0.0528. The zero-order valence-electron chi connectivity index (χ0n) is 30.5. The van der Waals surface area contributed by atoms with Crippen LogP contribution in [0.1, 0.15) is 55.9 Å². The summed E-state index contributed by atoms with van der Waals surface area (Å²) in [5.74, 6) is -1.47. The Balaban J connectivity index is 0.000000204. The number of epoxide rings is 1. The first-order chi connectivity index (χ1) is 26.2. The largest absolute Gasteiger partial charge is 0.464 e. The second-order valence-electron chi connectivity index (χ2n) is 11.7. The fourth-order valence-electron chi connectivity index (χ4n) is 5.52. The van der Waals surface area contributed by atoms with E-state index in [4.69, 9.17) is 9.47 Å². The van der Waals surface area contributed by atoms with Crippen LogP contribution in [0.4, 0.5) is 10.5 Å². The van der Waals surface area contributed by atoms with Crippen molar-refractivity contribution in [1.29, 1.82) is 0 Å². The predicted octanol–water partition coefficient (Wildman–Crippen LogP) is 1.39. The molecule has 0 saturated carbocycles. The number of nitrogens with one attached hydrogen (secondary N) is 2. The van der Waals surface area contributed by atoms with E-state index >= 15 is 0 Å². The highest BCUT2D eigenvalue weighted by molar-refractivity contribution is 5.90. The van der Waals surface area contributed by atoms with E-state index in [-0.39, 0.29) is 38.4 Å². The van der Waals surface area contributed by atoms with E-state index in [0.717, 1.165) is 44.2 Å². The molecular weight excluding hydrogens is 708 g/mol. The lowest BCUT2D eigenvalue weighted by Gasteiger charge is -2.19. The van der Waals surface area contributed by atoms with Gasteiger partial charge in [0.2, 0.25) is 6.10 Å². The summed E-state index contributed by atoms with van der Waals surface area (Å²) in [6.07, 6.45) is 11.6. The van der Waals surface area contributed by atoms with Gasteiger partial charge in [-0.05, 0) is 81.5 Å². The van der Waals surface area contributed by atoms with Gasteiger partial charge in [0.25, 0.3) is 0 Å². The van der Waals surface area contributed by atoms with Gasteiger partial charge in [0, 0.05) is 0 Å². The normalized spacial score (nSPS) is 15.5. The van der Waals surface area contributed by atoms with Gasteiger partial charge < -0.3 is 28.8 Å². The topological polar surface area (TPSA) is 253 Å². The molecule has 20 nitrogen and oxygen atoms in total. The standard InChI is InChI=1S/C20H24N4O4.C7H11N3O3.C5H8O3.C2H3N3/c1-2-27-19(25)17(10-24-12-21-11-22-24)28-20(26)23-18-15-7-3-5-13(15)9-14-6-4-8-16(14)18;1-2-13-7(12)6(11)3-10-5-8-4-9-10;1-2-7-5(6)4-3-8-4;1-3-2-5-4-1/h9,11-12,17H,2-8,10H2,1H3,(H,23,26);4-6,11H,2-3H2,1H3;4H,2-3H2,1H3;1-2H,(H,3,4,5). The van der Waals surface area contributed by atoms with Crippen molar-refractivity contribution < 1.29 is 48.0 Å². The summed E-state index contributed by atoms with van der Waals surface area (Å²) in [5, 5.41) is 25.9. The van der Waals surface area contributed by atoms with Crippen molar-refractivity contribution in [2.75, 3.05) is 31.7 Å². The van der Waals surface area contributed by atoms with Gasteiger partial charge >= 0.3 is 24.0 Å². The number of carbonyl (C=O) groups is 4. The molecule has 7 rings (SSSR count). The number of benzene rings is 1. The van der Waals surface area contributed by atoms with E-state index < -0.39 is 30.2 Å². The lowest BCUT2D eigenvalue weighted by Crippen LogP contribution is -2.35. The zero-order valence-corrected chi connectivity index (χ0v) is 30.5. The number of aromatic amines is 1. The Morgan fingerprint density at radius 3 is 1.93 bits per heavy atom. The van der Waals surface area contributed by atoms with Crippen LogP contribution in [-0.4, -0.2) is 119 Å². The number of carbonyl (C=O) groups excluding carboxylic acids is 4. The van der Waals surface area contributed by atoms with Crippen LogP contribution in [0, 0.1) is 0 Å². The van der Waals surface area contributed by atoms with Gasteiger partial charge in [-0.2, -0.15) is 15.3 Å². The van der Waals surface area contributed by atoms with Gasteiger partial charge in [0.05, 0.1) is 45.2 Å². The third-order valence-electron chi connectivity index (χ3n) is 7.92. The molecule has 20 heteroatoms. The summed E-state index contributed by atoms with van der Waals surface area (Å²) < 4.78 is 27.1. The molecule has 3 unspecified atom stereocenters. The average molecular weight is 755 g/mol. The molecule has 3 atom stereocenters. The van der Waals surface area contributed by atoms with Crippen molar-refractivity contribution in [3.63, 3.8) is 0 Å². The van der Waals surface area contributed by atoms with Gasteiger partial charge in [0.15, 0.2) is 12.2 Å². The summed E-state index contributed by atoms with van der Waals surface area (Å²) in [6, 6.07) is 2.30. The highest BCUT2D eigenvalue weighted by atomic mass is 16.6. The lowest BCUT2D eigenvalue weighted by atomic mass is 9.99.